The number of benzene rings is 2. The van der Waals surface area contributed by atoms with Crippen LogP contribution in [0.1, 0.15) is 27.2 Å². The minimum absolute atomic E-state index is 0.168. The third kappa shape index (κ3) is 6.06. The molecule has 0 amide bonds. The maximum Gasteiger partial charge on any atom is 0.311 e. The predicted molar refractivity (Wildman–Crippen MR) is 112 cm³/mol. The molecule has 0 fully saturated rings. The van der Waals surface area contributed by atoms with E-state index in [9.17, 15) is 10.0 Å². The standard InChI is InChI=1S/C21H27N4O3/c1-5-21(2,3)20(26)28-15-14-25(4)19-12-10-17(11-13-19)23-22-16-6-8-18(24-27)9-7-16/h6-13,24H,5,14-15H2,1-4H3/q-1. The van der Waals surface area contributed by atoms with Crippen LogP contribution in [0.5, 0.6) is 0 Å². The minimum atomic E-state index is -0.447. The normalized spacial score (nSPS) is 11.5. The molecule has 2 aromatic rings. The highest BCUT2D eigenvalue weighted by Crippen LogP contribution is 2.23. The van der Waals surface area contributed by atoms with E-state index in [-0.39, 0.29) is 5.97 Å². The summed E-state index contributed by atoms with van der Waals surface area (Å²) in [6, 6.07) is 14.3. The van der Waals surface area contributed by atoms with Gasteiger partial charge in [-0.15, -0.1) is 0 Å². The number of carbonyl (C=O) groups is 1. The van der Waals surface area contributed by atoms with Crippen LogP contribution in [0, 0.1) is 10.6 Å². The van der Waals surface area contributed by atoms with Crippen molar-refractivity contribution in [3.05, 3.63) is 53.7 Å². The zero-order valence-electron chi connectivity index (χ0n) is 16.8. The zero-order valence-corrected chi connectivity index (χ0v) is 16.8. The molecule has 150 valence electrons. The number of carbonyl (C=O) groups excluding carboxylic acids is 1. The number of hydrogen-bond donors (Lipinski definition) is 1. The molecule has 0 saturated heterocycles. The first kappa shape index (κ1) is 21.4. The molecular formula is C21H27N4O3-. The van der Waals surface area contributed by atoms with Gasteiger partial charge < -0.3 is 20.3 Å². The molecule has 28 heavy (non-hydrogen) atoms. The van der Waals surface area contributed by atoms with Gasteiger partial charge in [0.05, 0.1) is 23.3 Å². The van der Waals surface area contributed by atoms with Crippen molar-refractivity contribution in [3.8, 4) is 0 Å². The van der Waals surface area contributed by atoms with Gasteiger partial charge in [-0.05, 0) is 68.8 Å². The highest BCUT2D eigenvalue weighted by molar-refractivity contribution is 5.75. The van der Waals surface area contributed by atoms with Crippen LogP contribution in [-0.4, -0.2) is 26.2 Å². The first-order valence-electron chi connectivity index (χ1n) is 9.24. The van der Waals surface area contributed by atoms with Gasteiger partial charge in [0.2, 0.25) is 0 Å². The van der Waals surface area contributed by atoms with Crippen LogP contribution in [0.25, 0.3) is 0 Å². The molecule has 2 aromatic carbocycles. The number of nitrogens with one attached hydrogen (secondary N) is 1. The monoisotopic (exact) mass is 383 g/mol. The van der Waals surface area contributed by atoms with Crippen molar-refractivity contribution in [3.63, 3.8) is 0 Å². The lowest BCUT2D eigenvalue weighted by molar-refractivity contribution is -0.153. The van der Waals surface area contributed by atoms with Gasteiger partial charge in [0.15, 0.2) is 0 Å². The number of likely N-dealkylation sites (N-methyl/N-ethyl adjacent to an activating group) is 1. The zero-order chi connectivity index (χ0) is 20.6. The fraction of sp³-hybridized carbons (Fsp3) is 0.381. The van der Waals surface area contributed by atoms with Gasteiger partial charge in [0, 0.05) is 18.4 Å². The van der Waals surface area contributed by atoms with Gasteiger partial charge in [-0.3, -0.25) is 4.79 Å². The van der Waals surface area contributed by atoms with E-state index in [0.717, 1.165) is 17.8 Å². The van der Waals surface area contributed by atoms with Crippen molar-refractivity contribution in [2.45, 2.75) is 27.2 Å². The number of esters is 1. The van der Waals surface area contributed by atoms with E-state index in [4.69, 9.17) is 4.74 Å². The summed E-state index contributed by atoms with van der Waals surface area (Å²) in [6.07, 6.45) is 0.747. The molecule has 0 radical (unpaired) electrons. The molecule has 0 aliphatic rings. The van der Waals surface area contributed by atoms with Crippen LogP contribution in [0.2, 0.25) is 0 Å². The Morgan fingerprint density at radius 3 is 2.11 bits per heavy atom. The van der Waals surface area contributed by atoms with E-state index in [0.29, 0.717) is 24.5 Å². The largest absolute Gasteiger partial charge is 0.761 e. The summed E-state index contributed by atoms with van der Waals surface area (Å²) in [7, 11) is 1.95. The molecule has 0 aromatic heterocycles. The lowest BCUT2D eigenvalue weighted by Gasteiger charge is -2.23. The van der Waals surface area contributed by atoms with Crippen LogP contribution in [0.15, 0.2) is 58.8 Å². The van der Waals surface area contributed by atoms with Gasteiger partial charge in [-0.25, -0.2) is 0 Å². The molecule has 0 saturated carbocycles. The van der Waals surface area contributed by atoms with Gasteiger partial charge in [0.1, 0.15) is 6.61 Å². The number of nitrogens with zero attached hydrogens (tertiary/aromatic N) is 3. The van der Waals surface area contributed by atoms with Crippen LogP contribution >= 0.6 is 0 Å². The minimum Gasteiger partial charge on any atom is -0.761 e. The van der Waals surface area contributed by atoms with E-state index in [1.807, 2.05) is 62.5 Å². The van der Waals surface area contributed by atoms with Gasteiger partial charge >= 0.3 is 5.97 Å². The summed E-state index contributed by atoms with van der Waals surface area (Å²) >= 11 is 0. The van der Waals surface area contributed by atoms with Gasteiger partial charge in [-0.2, -0.15) is 10.2 Å². The van der Waals surface area contributed by atoms with E-state index in [1.54, 1.807) is 24.3 Å². The van der Waals surface area contributed by atoms with Crippen LogP contribution in [0.4, 0.5) is 22.7 Å². The quantitative estimate of drug-likeness (QED) is 0.354. The Morgan fingerprint density at radius 1 is 1.07 bits per heavy atom. The molecule has 0 aliphatic heterocycles. The summed E-state index contributed by atoms with van der Waals surface area (Å²) in [4.78, 5) is 14.0. The smallest absolute Gasteiger partial charge is 0.311 e. The number of rotatable bonds is 9. The van der Waals surface area contributed by atoms with Crippen molar-refractivity contribution < 1.29 is 9.53 Å². The Bertz CT molecular complexity index is 786. The number of ether oxygens (including phenoxy) is 1. The van der Waals surface area contributed by atoms with E-state index in [2.05, 4.69) is 10.2 Å². The molecule has 7 heteroatoms. The summed E-state index contributed by atoms with van der Waals surface area (Å²) in [5.74, 6) is -0.168. The van der Waals surface area contributed by atoms with Crippen molar-refractivity contribution >= 4 is 28.7 Å². The van der Waals surface area contributed by atoms with E-state index in [1.165, 1.54) is 0 Å². The molecule has 0 bridgehead atoms. The van der Waals surface area contributed by atoms with Crippen molar-refractivity contribution in [1.29, 1.82) is 0 Å². The van der Waals surface area contributed by atoms with Gasteiger partial charge in [-0.1, -0.05) is 6.92 Å². The van der Waals surface area contributed by atoms with Crippen LogP contribution in [-0.2, 0) is 9.53 Å². The predicted octanol–water partition coefficient (Wildman–Crippen LogP) is 5.43. The fourth-order valence-electron chi connectivity index (χ4n) is 2.23. The third-order valence-corrected chi connectivity index (χ3v) is 4.65. The Labute approximate surface area is 166 Å². The highest BCUT2D eigenvalue weighted by Gasteiger charge is 2.26. The lowest BCUT2D eigenvalue weighted by Crippen LogP contribution is -2.30. The van der Waals surface area contributed by atoms with E-state index >= 15 is 0 Å². The summed E-state index contributed by atoms with van der Waals surface area (Å²) in [5.41, 5.74) is 4.24. The third-order valence-electron chi connectivity index (χ3n) is 4.65. The first-order valence-corrected chi connectivity index (χ1v) is 9.24. The molecule has 0 heterocycles. The lowest BCUT2D eigenvalue weighted by atomic mass is 9.91. The molecule has 7 nitrogen and oxygen atoms in total. The summed E-state index contributed by atoms with van der Waals surface area (Å²) < 4.78 is 5.38. The molecule has 0 aliphatic carbocycles. The Kier molecular flexibility index (Phi) is 7.52. The van der Waals surface area contributed by atoms with Crippen molar-refractivity contribution in [1.82, 2.24) is 0 Å². The summed E-state index contributed by atoms with van der Waals surface area (Å²) in [5, 5.41) is 18.9. The molecule has 0 spiro atoms. The SMILES string of the molecule is CCC(C)(C)C(=O)OCCN(C)c1ccc(N=Nc2ccc(N[O-])cc2)cc1. The van der Waals surface area contributed by atoms with Gasteiger partial charge in [0.25, 0.3) is 0 Å². The molecule has 0 unspecified atom stereocenters. The topological polar surface area (TPSA) is 89.3 Å². The van der Waals surface area contributed by atoms with Crippen molar-refractivity contribution in [2.24, 2.45) is 15.6 Å². The Balaban J connectivity index is 1.87. The molecule has 1 N–H and O–H groups in total. The van der Waals surface area contributed by atoms with Crippen LogP contribution < -0.4 is 10.4 Å². The number of azo groups is 1. The second kappa shape index (κ2) is 9.85. The Morgan fingerprint density at radius 2 is 1.61 bits per heavy atom. The average molecular weight is 383 g/mol. The number of hydrogen-bond acceptors (Lipinski definition) is 7. The molecule has 0 atom stereocenters. The highest BCUT2D eigenvalue weighted by atomic mass is 16.5. The molecular weight excluding hydrogens is 356 g/mol. The second-order valence-electron chi connectivity index (χ2n) is 7.16. The fourth-order valence-corrected chi connectivity index (χ4v) is 2.23. The van der Waals surface area contributed by atoms with E-state index < -0.39 is 5.41 Å². The second-order valence-corrected chi connectivity index (χ2v) is 7.16. The summed E-state index contributed by atoms with van der Waals surface area (Å²) in [6.45, 7) is 6.70. The Hall–Kier alpha value is -2.93. The molecule has 2 rings (SSSR count). The number of anilines is 2. The maximum absolute atomic E-state index is 12.0. The first-order chi connectivity index (χ1) is 13.4. The maximum atomic E-state index is 12.0. The van der Waals surface area contributed by atoms with Crippen molar-refractivity contribution in [2.75, 3.05) is 30.6 Å². The van der Waals surface area contributed by atoms with Crippen LogP contribution in [0.3, 0.4) is 0 Å². The average Bonchev–Trinajstić information content (AvgIpc) is 2.72.